The lowest BCUT2D eigenvalue weighted by Gasteiger charge is -2.41. The van der Waals surface area contributed by atoms with Crippen LogP contribution < -0.4 is 10.2 Å². The van der Waals surface area contributed by atoms with E-state index in [4.69, 9.17) is 4.74 Å². The molecule has 2 heterocycles. The Kier molecular flexibility index (Phi) is 5.31. The van der Waals surface area contributed by atoms with Gasteiger partial charge in [0, 0.05) is 32.7 Å². The van der Waals surface area contributed by atoms with Crippen molar-refractivity contribution < 1.29 is 14.3 Å². The number of aromatic nitrogens is 1. The van der Waals surface area contributed by atoms with E-state index in [0.29, 0.717) is 25.3 Å². The van der Waals surface area contributed by atoms with Crippen LogP contribution >= 0.6 is 0 Å². The van der Waals surface area contributed by atoms with Gasteiger partial charge in [0.15, 0.2) is 0 Å². The Morgan fingerprint density at radius 2 is 2.00 bits per heavy atom. The van der Waals surface area contributed by atoms with Gasteiger partial charge in [0.1, 0.15) is 11.3 Å². The first-order valence-electron chi connectivity index (χ1n) is 8.14. The molecule has 1 N–H and O–H groups in total. The largest absolute Gasteiger partial charge is 0.444 e. The van der Waals surface area contributed by atoms with Crippen molar-refractivity contribution in [3.8, 4) is 0 Å². The van der Waals surface area contributed by atoms with Crippen molar-refractivity contribution in [2.24, 2.45) is 0 Å². The predicted octanol–water partition coefficient (Wildman–Crippen LogP) is 1.89. The van der Waals surface area contributed by atoms with E-state index in [2.05, 4.69) is 22.1 Å². The third kappa shape index (κ3) is 4.37. The summed E-state index contributed by atoms with van der Waals surface area (Å²) in [5.41, 5.74) is 0.845. The average molecular weight is 334 g/mol. The maximum atomic E-state index is 12.2. The summed E-state index contributed by atoms with van der Waals surface area (Å²) in [7, 11) is 1.58. The summed E-state index contributed by atoms with van der Waals surface area (Å²) in [5.74, 6) is -0.204. The second-order valence-electron chi connectivity index (χ2n) is 6.95. The van der Waals surface area contributed by atoms with Crippen molar-refractivity contribution in [1.29, 1.82) is 0 Å². The molecule has 24 heavy (non-hydrogen) atoms. The van der Waals surface area contributed by atoms with Crippen LogP contribution in [-0.2, 0) is 4.74 Å². The molecule has 1 saturated heterocycles. The second kappa shape index (κ2) is 7.07. The zero-order chi connectivity index (χ0) is 17.9. The minimum Gasteiger partial charge on any atom is -0.444 e. The molecule has 0 aliphatic carbocycles. The van der Waals surface area contributed by atoms with E-state index in [1.54, 1.807) is 24.2 Å². The Bertz CT molecular complexity index is 595. The van der Waals surface area contributed by atoms with E-state index in [-0.39, 0.29) is 18.0 Å². The molecule has 0 spiro atoms. The molecule has 132 valence electrons. The van der Waals surface area contributed by atoms with Gasteiger partial charge in [-0.05, 0) is 39.8 Å². The van der Waals surface area contributed by atoms with Crippen LogP contribution in [0.25, 0.3) is 0 Å². The number of hydrogen-bond donors (Lipinski definition) is 1. The molecule has 7 nitrogen and oxygen atoms in total. The molecule has 2 amide bonds. The van der Waals surface area contributed by atoms with Crippen LogP contribution in [0.4, 0.5) is 10.5 Å². The Morgan fingerprint density at radius 3 is 2.50 bits per heavy atom. The lowest BCUT2D eigenvalue weighted by Crippen LogP contribution is -2.54. The fraction of sp³-hybridized carbons (Fsp3) is 0.588. The van der Waals surface area contributed by atoms with Crippen LogP contribution in [0.1, 0.15) is 38.2 Å². The molecule has 7 heteroatoms. The number of nitrogens with zero attached hydrogens (tertiary/aromatic N) is 3. The fourth-order valence-electron chi connectivity index (χ4n) is 2.65. The Labute approximate surface area is 143 Å². The van der Waals surface area contributed by atoms with Crippen molar-refractivity contribution in [1.82, 2.24) is 15.2 Å². The number of nitrogens with one attached hydrogen (secondary N) is 1. The Morgan fingerprint density at radius 1 is 1.29 bits per heavy atom. The lowest BCUT2D eigenvalue weighted by atomic mass is 10.1. The number of rotatable bonds is 2. The summed E-state index contributed by atoms with van der Waals surface area (Å²) in [6.07, 6.45) is 1.42. The molecule has 1 atom stereocenters. The normalized spacial score (nSPS) is 18.3. The highest BCUT2D eigenvalue weighted by Crippen LogP contribution is 2.21. The Balaban J connectivity index is 2.01. The lowest BCUT2D eigenvalue weighted by molar-refractivity contribution is 0.0218. The molecular weight excluding hydrogens is 308 g/mol. The van der Waals surface area contributed by atoms with Gasteiger partial charge >= 0.3 is 6.09 Å². The van der Waals surface area contributed by atoms with Gasteiger partial charge in [0.05, 0.1) is 11.9 Å². The molecule has 0 bridgehead atoms. The number of pyridine rings is 1. The van der Waals surface area contributed by atoms with E-state index >= 15 is 0 Å². The molecule has 0 aromatic carbocycles. The van der Waals surface area contributed by atoms with Crippen molar-refractivity contribution in [2.75, 3.05) is 31.6 Å². The number of anilines is 1. The standard InChI is InChI=1S/C17H26N4O3/c1-12-11-20(16(23)24-17(2,3)4)8-9-21(12)13-6-7-14(19-10-13)15(22)18-5/h6-7,10,12H,8-9,11H2,1-5H3,(H,18,22)/t12-/m1/s1. The number of carbonyl (C=O) groups is 2. The maximum absolute atomic E-state index is 12.2. The molecule has 1 aliphatic rings. The summed E-state index contributed by atoms with van der Waals surface area (Å²) in [4.78, 5) is 31.9. The molecule has 1 aliphatic heterocycles. The number of ether oxygens (including phenoxy) is 1. The summed E-state index contributed by atoms with van der Waals surface area (Å²) in [6.45, 7) is 9.53. The molecule has 0 unspecified atom stereocenters. The first-order chi connectivity index (χ1) is 11.2. The summed E-state index contributed by atoms with van der Waals surface area (Å²) < 4.78 is 5.43. The van der Waals surface area contributed by atoms with Crippen LogP contribution in [0.2, 0.25) is 0 Å². The van der Waals surface area contributed by atoms with Crippen molar-refractivity contribution in [3.05, 3.63) is 24.0 Å². The van der Waals surface area contributed by atoms with E-state index in [1.807, 2.05) is 26.8 Å². The monoisotopic (exact) mass is 334 g/mol. The van der Waals surface area contributed by atoms with Crippen LogP contribution in [-0.4, -0.2) is 60.2 Å². The summed E-state index contributed by atoms with van der Waals surface area (Å²) in [6, 6.07) is 3.73. The quantitative estimate of drug-likeness (QED) is 0.894. The van der Waals surface area contributed by atoms with E-state index in [0.717, 1.165) is 5.69 Å². The molecule has 0 radical (unpaired) electrons. The van der Waals surface area contributed by atoms with Crippen LogP contribution in [0.5, 0.6) is 0 Å². The Hall–Kier alpha value is -2.31. The van der Waals surface area contributed by atoms with Gasteiger partial charge in [-0.25, -0.2) is 9.78 Å². The fourth-order valence-corrected chi connectivity index (χ4v) is 2.65. The van der Waals surface area contributed by atoms with E-state index < -0.39 is 5.60 Å². The number of piperazine rings is 1. The first kappa shape index (κ1) is 18.0. The van der Waals surface area contributed by atoms with Crippen molar-refractivity contribution >= 4 is 17.7 Å². The SMILES string of the molecule is CNC(=O)c1ccc(N2CCN(C(=O)OC(C)(C)C)C[C@H]2C)cn1. The predicted molar refractivity (Wildman–Crippen MR) is 92.2 cm³/mol. The van der Waals surface area contributed by atoms with Crippen LogP contribution in [0, 0.1) is 0 Å². The highest BCUT2D eigenvalue weighted by Gasteiger charge is 2.30. The van der Waals surface area contributed by atoms with Gasteiger partial charge in [-0.15, -0.1) is 0 Å². The molecule has 1 fully saturated rings. The summed E-state index contributed by atoms with van der Waals surface area (Å²) >= 11 is 0. The highest BCUT2D eigenvalue weighted by molar-refractivity contribution is 5.92. The van der Waals surface area contributed by atoms with Crippen molar-refractivity contribution in [2.45, 2.75) is 39.3 Å². The minimum atomic E-state index is -0.489. The third-order valence-corrected chi connectivity index (χ3v) is 3.82. The molecule has 2 rings (SSSR count). The molecule has 1 aromatic rings. The highest BCUT2D eigenvalue weighted by atomic mass is 16.6. The number of amides is 2. The van der Waals surface area contributed by atoms with Gasteiger partial charge in [-0.1, -0.05) is 0 Å². The molecule has 0 saturated carbocycles. The molecule has 1 aromatic heterocycles. The van der Waals surface area contributed by atoms with E-state index in [9.17, 15) is 9.59 Å². The minimum absolute atomic E-state index is 0.138. The third-order valence-electron chi connectivity index (χ3n) is 3.82. The maximum Gasteiger partial charge on any atom is 0.410 e. The zero-order valence-corrected chi connectivity index (χ0v) is 15.0. The van der Waals surface area contributed by atoms with Gasteiger partial charge in [0.25, 0.3) is 5.91 Å². The zero-order valence-electron chi connectivity index (χ0n) is 15.0. The topological polar surface area (TPSA) is 74.8 Å². The molecular formula is C17H26N4O3. The number of carbonyl (C=O) groups excluding carboxylic acids is 2. The van der Waals surface area contributed by atoms with Gasteiger partial charge < -0.3 is 19.9 Å². The first-order valence-corrected chi connectivity index (χ1v) is 8.14. The van der Waals surface area contributed by atoms with Gasteiger partial charge in [-0.3, -0.25) is 4.79 Å². The van der Waals surface area contributed by atoms with Gasteiger partial charge in [0.2, 0.25) is 0 Å². The van der Waals surface area contributed by atoms with E-state index in [1.165, 1.54) is 0 Å². The van der Waals surface area contributed by atoms with Crippen molar-refractivity contribution in [3.63, 3.8) is 0 Å². The average Bonchev–Trinajstić information content (AvgIpc) is 2.52. The number of hydrogen-bond acceptors (Lipinski definition) is 5. The van der Waals surface area contributed by atoms with Gasteiger partial charge in [-0.2, -0.15) is 0 Å². The second-order valence-corrected chi connectivity index (χ2v) is 6.95. The van der Waals surface area contributed by atoms with Crippen LogP contribution in [0.15, 0.2) is 18.3 Å². The van der Waals surface area contributed by atoms with Crippen LogP contribution in [0.3, 0.4) is 0 Å². The smallest absolute Gasteiger partial charge is 0.410 e. The summed E-state index contributed by atoms with van der Waals surface area (Å²) in [5, 5.41) is 2.55.